The normalized spacial score (nSPS) is 18.2. The largest absolute Gasteiger partial charge is 0.314 e. The van der Waals surface area contributed by atoms with Crippen molar-refractivity contribution in [3.8, 4) is 0 Å². The van der Waals surface area contributed by atoms with E-state index in [9.17, 15) is 0 Å². The highest BCUT2D eigenvalue weighted by Crippen LogP contribution is 2.42. The molecule has 0 amide bonds. The van der Waals surface area contributed by atoms with Gasteiger partial charge in [0.25, 0.3) is 0 Å². The molecular formula is C16H23BrClN. The summed E-state index contributed by atoms with van der Waals surface area (Å²) in [6, 6.07) is 6.83. The highest BCUT2D eigenvalue weighted by atomic mass is 79.9. The minimum atomic E-state index is 0.405. The summed E-state index contributed by atoms with van der Waals surface area (Å²) in [6.07, 6.45) is 6.44. The van der Waals surface area contributed by atoms with E-state index in [1.165, 1.54) is 31.2 Å². The zero-order valence-electron chi connectivity index (χ0n) is 11.8. The Morgan fingerprint density at radius 1 is 1.32 bits per heavy atom. The molecule has 0 aromatic heterocycles. The molecule has 0 aliphatic heterocycles. The Morgan fingerprint density at radius 3 is 2.58 bits per heavy atom. The third-order valence-corrected chi connectivity index (χ3v) is 4.98. The molecule has 106 valence electrons. The topological polar surface area (TPSA) is 12.0 Å². The molecule has 3 heteroatoms. The van der Waals surface area contributed by atoms with Crippen molar-refractivity contribution in [3.05, 3.63) is 33.3 Å². The molecule has 1 aliphatic rings. The fourth-order valence-electron chi connectivity index (χ4n) is 3.03. The molecule has 1 nitrogen and oxygen atoms in total. The number of hydrogen-bond acceptors (Lipinski definition) is 1. The Labute approximate surface area is 130 Å². The van der Waals surface area contributed by atoms with Gasteiger partial charge in [0.2, 0.25) is 0 Å². The van der Waals surface area contributed by atoms with Crippen LogP contribution in [0.25, 0.3) is 0 Å². The Hall–Kier alpha value is -0.0500. The van der Waals surface area contributed by atoms with Gasteiger partial charge in [-0.3, -0.25) is 0 Å². The van der Waals surface area contributed by atoms with Gasteiger partial charge in [0.05, 0.1) is 0 Å². The van der Waals surface area contributed by atoms with E-state index in [-0.39, 0.29) is 0 Å². The fourth-order valence-corrected chi connectivity index (χ4v) is 3.77. The SMILES string of the molecule is CC(C)NCC1(Cc2ccc(Br)cc2Cl)CCCC1. The van der Waals surface area contributed by atoms with E-state index in [2.05, 4.69) is 47.2 Å². The Balaban J connectivity index is 2.11. The standard InChI is InChI=1S/C16H23BrClN/c1-12(2)19-11-16(7-3-4-8-16)10-13-5-6-14(17)9-15(13)18/h5-6,9,12,19H,3-4,7-8,10-11H2,1-2H3. The van der Waals surface area contributed by atoms with E-state index < -0.39 is 0 Å². The molecule has 2 rings (SSSR count). The van der Waals surface area contributed by atoms with Crippen LogP contribution in [-0.4, -0.2) is 12.6 Å². The van der Waals surface area contributed by atoms with Crippen molar-refractivity contribution in [3.63, 3.8) is 0 Å². The Morgan fingerprint density at radius 2 is 2.00 bits per heavy atom. The third kappa shape index (κ3) is 4.21. The lowest BCUT2D eigenvalue weighted by Crippen LogP contribution is -2.37. The summed E-state index contributed by atoms with van der Waals surface area (Å²) in [5.41, 5.74) is 1.69. The van der Waals surface area contributed by atoms with Crippen LogP contribution in [0.2, 0.25) is 5.02 Å². The van der Waals surface area contributed by atoms with Gasteiger partial charge >= 0.3 is 0 Å². The molecule has 19 heavy (non-hydrogen) atoms. The van der Waals surface area contributed by atoms with Crippen LogP contribution < -0.4 is 5.32 Å². The minimum absolute atomic E-state index is 0.405. The molecular weight excluding hydrogens is 322 g/mol. The van der Waals surface area contributed by atoms with E-state index in [4.69, 9.17) is 11.6 Å². The van der Waals surface area contributed by atoms with Gasteiger partial charge in [-0.2, -0.15) is 0 Å². The van der Waals surface area contributed by atoms with Crippen LogP contribution in [0.4, 0.5) is 0 Å². The predicted molar refractivity (Wildman–Crippen MR) is 86.9 cm³/mol. The van der Waals surface area contributed by atoms with Gasteiger partial charge in [-0.05, 0) is 42.4 Å². The second-order valence-electron chi connectivity index (χ2n) is 6.16. The number of rotatable bonds is 5. The highest BCUT2D eigenvalue weighted by Gasteiger charge is 2.34. The predicted octanol–water partition coefficient (Wildman–Crippen LogP) is 5.20. The van der Waals surface area contributed by atoms with E-state index in [0.29, 0.717) is 11.5 Å². The summed E-state index contributed by atoms with van der Waals surface area (Å²) in [5.74, 6) is 0. The molecule has 0 atom stereocenters. The van der Waals surface area contributed by atoms with Crippen LogP contribution in [0.3, 0.4) is 0 Å². The lowest BCUT2D eigenvalue weighted by atomic mass is 9.79. The van der Waals surface area contributed by atoms with Gasteiger partial charge in [-0.1, -0.05) is 60.3 Å². The maximum atomic E-state index is 6.38. The lowest BCUT2D eigenvalue weighted by molar-refractivity contribution is 0.269. The summed E-state index contributed by atoms with van der Waals surface area (Å²) in [5, 5.41) is 4.52. The number of benzene rings is 1. The molecule has 1 aromatic rings. The molecule has 1 aromatic carbocycles. The summed E-state index contributed by atoms with van der Waals surface area (Å²) in [7, 11) is 0. The third-order valence-electron chi connectivity index (χ3n) is 4.13. The smallest absolute Gasteiger partial charge is 0.0449 e. The Kier molecular flexibility index (Phi) is 5.33. The van der Waals surface area contributed by atoms with Gasteiger partial charge in [0, 0.05) is 22.1 Å². The average molecular weight is 345 g/mol. The van der Waals surface area contributed by atoms with E-state index in [1.54, 1.807) is 0 Å². The van der Waals surface area contributed by atoms with Crippen LogP contribution >= 0.6 is 27.5 Å². The van der Waals surface area contributed by atoms with Crippen molar-refractivity contribution in [2.45, 2.75) is 52.0 Å². The number of halogens is 2. The van der Waals surface area contributed by atoms with E-state index >= 15 is 0 Å². The average Bonchev–Trinajstić information content (AvgIpc) is 2.80. The van der Waals surface area contributed by atoms with Gasteiger partial charge in [-0.25, -0.2) is 0 Å². The van der Waals surface area contributed by atoms with Crippen molar-refractivity contribution in [2.75, 3.05) is 6.54 Å². The van der Waals surface area contributed by atoms with Crippen molar-refractivity contribution in [1.82, 2.24) is 5.32 Å². The monoisotopic (exact) mass is 343 g/mol. The van der Waals surface area contributed by atoms with Crippen LogP contribution in [0.15, 0.2) is 22.7 Å². The first kappa shape index (κ1) is 15.3. The van der Waals surface area contributed by atoms with Crippen LogP contribution in [0.5, 0.6) is 0 Å². The van der Waals surface area contributed by atoms with Gasteiger partial charge in [-0.15, -0.1) is 0 Å². The first-order chi connectivity index (χ1) is 9.01. The highest BCUT2D eigenvalue weighted by molar-refractivity contribution is 9.10. The molecule has 0 spiro atoms. The molecule has 0 heterocycles. The summed E-state index contributed by atoms with van der Waals surface area (Å²) >= 11 is 9.86. The lowest BCUT2D eigenvalue weighted by Gasteiger charge is -2.31. The van der Waals surface area contributed by atoms with Gasteiger partial charge in [0.1, 0.15) is 0 Å². The van der Waals surface area contributed by atoms with Crippen molar-refractivity contribution >= 4 is 27.5 Å². The zero-order valence-corrected chi connectivity index (χ0v) is 14.1. The first-order valence-corrected chi connectivity index (χ1v) is 8.35. The molecule has 0 bridgehead atoms. The maximum absolute atomic E-state index is 6.38. The molecule has 1 fully saturated rings. The second kappa shape index (κ2) is 6.60. The zero-order chi connectivity index (χ0) is 13.9. The molecule has 0 unspecified atom stereocenters. The van der Waals surface area contributed by atoms with Crippen molar-refractivity contribution < 1.29 is 0 Å². The summed E-state index contributed by atoms with van der Waals surface area (Å²) in [6.45, 7) is 5.54. The van der Waals surface area contributed by atoms with Crippen molar-refractivity contribution in [1.29, 1.82) is 0 Å². The maximum Gasteiger partial charge on any atom is 0.0449 e. The molecule has 1 saturated carbocycles. The van der Waals surface area contributed by atoms with Gasteiger partial charge in [0.15, 0.2) is 0 Å². The number of nitrogens with one attached hydrogen (secondary N) is 1. The minimum Gasteiger partial charge on any atom is -0.314 e. The number of hydrogen-bond donors (Lipinski definition) is 1. The quantitative estimate of drug-likeness (QED) is 0.773. The molecule has 0 saturated heterocycles. The van der Waals surface area contributed by atoms with Crippen LogP contribution in [-0.2, 0) is 6.42 Å². The first-order valence-electron chi connectivity index (χ1n) is 7.18. The molecule has 1 aliphatic carbocycles. The Bertz CT molecular complexity index is 425. The van der Waals surface area contributed by atoms with Crippen molar-refractivity contribution in [2.24, 2.45) is 5.41 Å². The molecule has 1 N–H and O–H groups in total. The van der Waals surface area contributed by atoms with Gasteiger partial charge < -0.3 is 5.32 Å². The fraction of sp³-hybridized carbons (Fsp3) is 0.625. The summed E-state index contributed by atoms with van der Waals surface area (Å²) in [4.78, 5) is 0. The van der Waals surface area contributed by atoms with E-state index in [0.717, 1.165) is 22.5 Å². The second-order valence-corrected chi connectivity index (χ2v) is 7.48. The summed E-state index contributed by atoms with van der Waals surface area (Å²) < 4.78 is 1.06. The van der Waals surface area contributed by atoms with Crippen LogP contribution in [0, 0.1) is 5.41 Å². The molecule has 0 radical (unpaired) electrons. The van der Waals surface area contributed by atoms with Crippen LogP contribution in [0.1, 0.15) is 45.1 Å². The van der Waals surface area contributed by atoms with E-state index in [1.807, 2.05) is 6.07 Å².